The molecule has 0 aromatic heterocycles. The number of nitrogens with one attached hydrogen (secondary N) is 1. The highest BCUT2D eigenvalue weighted by atomic mass is 32.2. The quantitative estimate of drug-likeness (QED) is 0.472. The lowest BCUT2D eigenvalue weighted by Gasteiger charge is -2.22. The summed E-state index contributed by atoms with van der Waals surface area (Å²) in [4.78, 5) is 9.81. The van der Waals surface area contributed by atoms with E-state index < -0.39 is 25.5 Å². The summed E-state index contributed by atoms with van der Waals surface area (Å²) in [6.45, 7) is 1.36. The number of hydrogen-bond acceptors (Lipinski definition) is 6. The predicted molar refractivity (Wildman–Crippen MR) is 76.2 cm³/mol. The molecule has 1 heterocycles. The maximum atomic E-state index is 12.2. The molecule has 0 bridgehead atoms. The van der Waals surface area contributed by atoms with Crippen molar-refractivity contribution in [2.45, 2.75) is 17.7 Å². The number of nitro groups is 1. The number of nitrogen functional groups attached to an aromatic ring is 1. The summed E-state index contributed by atoms with van der Waals surface area (Å²) in [6, 6.07) is 3.85. The minimum atomic E-state index is -3.99. The van der Waals surface area contributed by atoms with Crippen LogP contribution in [0, 0.1) is 16.0 Å². The first kappa shape index (κ1) is 15.7. The van der Waals surface area contributed by atoms with Gasteiger partial charge in [-0.15, -0.1) is 0 Å². The maximum absolute atomic E-state index is 12.2. The largest absolute Gasteiger partial charge is 0.393 e. The molecule has 0 aliphatic carbocycles. The van der Waals surface area contributed by atoms with Crippen molar-refractivity contribution in [2.24, 2.45) is 5.92 Å². The van der Waals surface area contributed by atoms with Crippen molar-refractivity contribution in [2.75, 3.05) is 25.5 Å². The third-order valence-electron chi connectivity index (χ3n) is 3.32. The van der Waals surface area contributed by atoms with Crippen LogP contribution in [0.15, 0.2) is 23.1 Å². The van der Waals surface area contributed by atoms with Crippen LogP contribution in [0.4, 0.5) is 11.4 Å². The number of nitrogens with two attached hydrogens (primary N) is 1. The van der Waals surface area contributed by atoms with Crippen LogP contribution in [0.25, 0.3) is 0 Å². The van der Waals surface area contributed by atoms with E-state index in [1.54, 1.807) is 0 Å². The molecule has 1 unspecified atom stereocenters. The lowest BCUT2D eigenvalue weighted by atomic mass is 10.0. The molecule has 3 N–H and O–H groups in total. The average Bonchev–Trinajstić information content (AvgIpc) is 2.46. The van der Waals surface area contributed by atoms with Crippen LogP contribution in [-0.2, 0) is 14.8 Å². The predicted octanol–water partition coefficient (Wildman–Crippen LogP) is 0.882. The zero-order valence-corrected chi connectivity index (χ0v) is 12.1. The van der Waals surface area contributed by atoms with Gasteiger partial charge in [-0.25, -0.2) is 13.1 Å². The van der Waals surface area contributed by atoms with Gasteiger partial charge in [-0.1, -0.05) is 6.07 Å². The molecule has 1 aromatic rings. The Morgan fingerprint density at radius 2 is 2.24 bits per heavy atom. The first-order chi connectivity index (χ1) is 9.92. The van der Waals surface area contributed by atoms with E-state index in [0.29, 0.717) is 13.2 Å². The second-order valence-electron chi connectivity index (χ2n) is 4.89. The smallest absolute Gasteiger partial charge is 0.312 e. The normalized spacial score (nSPS) is 19.3. The lowest BCUT2D eigenvalue weighted by Crippen LogP contribution is -2.33. The molecule has 0 saturated carbocycles. The van der Waals surface area contributed by atoms with Gasteiger partial charge in [0.15, 0.2) is 4.90 Å². The van der Waals surface area contributed by atoms with Crippen molar-refractivity contribution < 1.29 is 18.1 Å². The Morgan fingerprint density at radius 3 is 2.86 bits per heavy atom. The SMILES string of the molecule is Nc1cccc(S(=O)(=O)NCC2CCCOC2)c1[N+](=O)[O-]. The van der Waals surface area contributed by atoms with Gasteiger partial charge in [0, 0.05) is 13.2 Å². The van der Waals surface area contributed by atoms with Crippen molar-refractivity contribution in [1.82, 2.24) is 4.72 Å². The molecule has 9 heteroatoms. The number of hydrogen-bond donors (Lipinski definition) is 2. The van der Waals surface area contributed by atoms with Gasteiger partial charge in [-0.05, 0) is 30.9 Å². The fourth-order valence-electron chi connectivity index (χ4n) is 2.23. The van der Waals surface area contributed by atoms with E-state index in [1.807, 2.05) is 0 Å². The third kappa shape index (κ3) is 3.69. The molecule has 1 aliphatic heterocycles. The van der Waals surface area contributed by atoms with Crippen LogP contribution in [0.1, 0.15) is 12.8 Å². The molecule has 1 aromatic carbocycles. The second-order valence-corrected chi connectivity index (χ2v) is 6.62. The summed E-state index contributed by atoms with van der Waals surface area (Å²) < 4.78 is 32.2. The molecule has 0 amide bonds. The van der Waals surface area contributed by atoms with Gasteiger partial charge in [-0.2, -0.15) is 0 Å². The number of nitrogens with zero attached hydrogens (tertiary/aromatic N) is 1. The number of sulfonamides is 1. The number of nitro benzene ring substituents is 1. The van der Waals surface area contributed by atoms with Crippen LogP contribution < -0.4 is 10.5 Å². The number of para-hydroxylation sites is 1. The highest BCUT2D eigenvalue weighted by Gasteiger charge is 2.28. The zero-order chi connectivity index (χ0) is 15.5. The lowest BCUT2D eigenvalue weighted by molar-refractivity contribution is -0.386. The summed E-state index contributed by atoms with van der Waals surface area (Å²) in [5, 5.41) is 11.0. The summed E-state index contributed by atoms with van der Waals surface area (Å²) in [7, 11) is -3.99. The number of benzene rings is 1. The van der Waals surface area contributed by atoms with E-state index in [9.17, 15) is 18.5 Å². The van der Waals surface area contributed by atoms with Gasteiger partial charge in [0.1, 0.15) is 5.69 Å². The van der Waals surface area contributed by atoms with E-state index in [4.69, 9.17) is 10.5 Å². The van der Waals surface area contributed by atoms with Crippen LogP contribution in [0.3, 0.4) is 0 Å². The fourth-order valence-corrected chi connectivity index (χ4v) is 3.54. The molecule has 2 rings (SSSR count). The Hall–Kier alpha value is -1.71. The fraction of sp³-hybridized carbons (Fsp3) is 0.500. The Morgan fingerprint density at radius 1 is 1.48 bits per heavy atom. The summed E-state index contributed by atoms with van der Waals surface area (Å²) >= 11 is 0. The van der Waals surface area contributed by atoms with E-state index in [2.05, 4.69) is 4.72 Å². The summed E-state index contributed by atoms with van der Waals surface area (Å²) in [6.07, 6.45) is 1.74. The zero-order valence-electron chi connectivity index (χ0n) is 11.3. The Kier molecular flexibility index (Phi) is 4.76. The first-order valence-electron chi connectivity index (χ1n) is 6.52. The molecule has 21 heavy (non-hydrogen) atoms. The van der Waals surface area contributed by atoms with Crippen molar-refractivity contribution in [3.05, 3.63) is 28.3 Å². The molecular weight excluding hydrogens is 298 g/mol. The van der Waals surface area contributed by atoms with E-state index in [0.717, 1.165) is 12.8 Å². The summed E-state index contributed by atoms with van der Waals surface area (Å²) in [5.74, 6) is 0.0774. The maximum Gasteiger partial charge on any atom is 0.312 e. The van der Waals surface area contributed by atoms with Crippen molar-refractivity contribution in [3.8, 4) is 0 Å². The van der Waals surface area contributed by atoms with Crippen molar-refractivity contribution in [1.29, 1.82) is 0 Å². The van der Waals surface area contributed by atoms with Crippen molar-refractivity contribution >= 4 is 21.4 Å². The number of anilines is 1. The molecular formula is C12H17N3O5S. The molecule has 116 valence electrons. The Balaban J connectivity index is 2.19. The minimum absolute atomic E-state index is 0.0774. The standard InChI is InChI=1S/C12H17N3O5S/c13-10-4-1-5-11(12(10)15(16)17)21(18,19)14-7-9-3-2-6-20-8-9/h1,4-5,9,14H,2-3,6-8,13H2. The monoisotopic (exact) mass is 315 g/mol. The minimum Gasteiger partial charge on any atom is -0.393 e. The Labute approximate surface area is 122 Å². The van der Waals surface area contributed by atoms with Crippen LogP contribution in [-0.4, -0.2) is 33.1 Å². The summed E-state index contributed by atoms with van der Waals surface area (Å²) in [5.41, 5.74) is 4.73. The number of ether oxygens (including phenoxy) is 1. The van der Waals surface area contributed by atoms with Gasteiger partial charge < -0.3 is 10.5 Å². The third-order valence-corrected chi connectivity index (χ3v) is 4.77. The average molecular weight is 315 g/mol. The topological polar surface area (TPSA) is 125 Å². The highest BCUT2D eigenvalue weighted by molar-refractivity contribution is 7.89. The molecule has 1 aliphatic rings. The van der Waals surface area contributed by atoms with Gasteiger partial charge in [0.05, 0.1) is 11.5 Å². The van der Waals surface area contributed by atoms with Crippen molar-refractivity contribution in [3.63, 3.8) is 0 Å². The van der Waals surface area contributed by atoms with E-state index >= 15 is 0 Å². The van der Waals surface area contributed by atoms with Gasteiger partial charge in [-0.3, -0.25) is 10.1 Å². The highest BCUT2D eigenvalue weighted by Crippen LogP contribution is 2.29. The molecule has 0 radical (unpaired) electrons. The molecule has 8 nitrogen and oxygen atoms in total. The second kappa shape index (κ2) is 6.37. The number of rotatable bonds is 5. The molecule has 1 fully saturated rings. The Bertz CT molecular complexity index is 626. The van der Waals surface area contributed by atoms with E-state index in [-0.39, 0.29) is 18.2 Å². The van der Waals surface area contributed by atoms with Gasteiger partial charge in [0.25, 0.3) is 0 Å². The van der Waals surface area contributed by atoms with Crippen LogP contribution in [0.2, 0.25) is 0 Å². The van der Waals surface area contributed by atoms with Gasteiger partial charge >= 0.3 is 5.69 Å². The molecule has 1 atom stereocenters. The van der Waals surface area contributed by atoms with Crippen LogP contribution >= 0.6 is 0 Å². The van der Waals surface area contributed by atoms with E-state index in [1.165, 1.54) is 18.2 Å². The molecule has 0 spiro atoms. The van der Waals surface area contributed by atoms with Crippen LogP contribution in [0.5, 0.6) is 0 Å². The molecule has 1 saturated heterocycles. The van der Waals surface area contributed by atoms with Gasteiger partial charge in [0.2, 0.25) is 10.0 Å². The first-order valence-corrected chi connectivity index (χ1v) is 8.00.